The van der Waals surface area contributed by atoms with Crippen LogP contribution in [0.4, 0.5) is 11.4 Å². The van der Waals surface area contributed by atoms with Crippen LogP contribution in [0.5, 0.6) is 0 Å². The summed E-state index contributed by atoms with van der Waals surface area (Å²) in [7, 11) is -7.53. The van der Waals surface area contributed by atoms with Gasteiger partial charge in [0.15, 0.2) is 0 Å². The van der Waals surface area contributed by atoms with E-state index >= 15 is 0 Å². The Morgan fingerprint density at radius 2 is 1.57 bits per heavy atom. The van der Waals surface area contributed by atoms with E-state index in [1.165, 1.54) is 4.31 Å². The lowest BCUT2D eigenvalue weighted by Crippen LogP contribution is -2.35. The molecule has 0 unspecified atom stereocenters. The third-order valence-corrected chi connectivity index (χ3v) is 8.50. The van der Waals surface area contributed by atoms with Crippen LogP contribution in [0.2, 0.25) is 0 Å². The van der Waals surface area contributed by atoms with Crippen LogP contribution in [0.15, 0.2) is 82.6 Å². The number of sulfonamides is 2. The Kier molecular flexibility index (Phi) is 5.29. The van der Waals surface area contributed by atoms with Gasteiger partial charge in [-0.2, -0.15) is 0 Å². The summed E-state index contributed by atoms with van der Waals surface area (Å²) in [6.45, 7) is 2.08. The Bertz CT molecular complexity index is 1290. The summed E-state index contributed by atoms with van der Waals surface area (Å²) in [5.41, 5.74) is 2.35. The first-order valence-electron chi connectivity index (χ1n) is 9.58. The van der Waals surface area contributed by atoms with E-state index in [0.717, 1.165) is 12.0 Å². The van der Waals surface area contributed by atoms with Gasteiger partial charge in [-0.15, -0.1) is 0 Å². The molecule has 1 N–H and O–H groups in total. The molecule has 0 radical (unpaired) electrons. The second kappa shape index (κ2) is 7.77. The van der Waals surface area contributed by atoms with E-state index in [1.54, 1.807) is 79.7 Å². The molecule has 0 saturated heterocycles. The van der Waals surface area contributed by atoms with Crippen LogP contribution >= 0.6 is 0 Å². The molecule has 0 saturated carbocycles. The minimum absolute atomic E-state index is 0.191. The Hall–Kier alpha value is -2.84. The molecule has 0 amide bonds. The molecule has 0 spiro atoms. The number of aryl methyl sites for hydroxylation is 2. The molecule has 0 aromatic heterocycles. The predicted octanol–water partition coefficient (Wildman–Crippen LogP) is 3.94. The zero-order valence-corrected chi connectivity index (χ0v) is 18.1. The quantitative estimate of drug-likeness (QED) is 0.649. The Morgan fingerprint density at radius 1 is 0.867 bits per heavy atom. The largest absolute Gasteiger partial charge is 0.280 e. The standard InChI is InChI=1S/C22H22N2O4S2/c1-17-8-5-6-12-22(17)29(25,26)23-19-14-13-18-9-7-15-24(21(18)16-19)30(27,28)20-10-3-2-4-11-20/h2-6,8,10-14,16,23H,7,9,15H2,1H3. The SMILES string of the molecule is Cc1ccccc1S(=O)(=O)Nc1ccc2c(c1)N(S(=O)(=O)c1ccccc1)CCC2. The molecule has 4 rings (SSSR count). The molecule has 0 fully saturated rings. The summed E-state index contributed by atoms with van der Waals surface area (Å²) in [5.74, 6) is 0. The summed E-state index contributed by atoms with van der Waals surface area (Å²) < 4.78 is 56.1. The minimum Gasteiger partial charge on any atom is -0.280 e. The second-order valence-electron chi connectivity index (χ2n) is 7.21. The van der Waals surface area contributed by atoms with Crippen molar-refractivity contribution >= 4 is 31.4 Å². The zero-order valence-electron chi connectivity index (χ0n) is 16.4. The highest BCUT2D eigenvalue weighted by molar-refractivity contribution is 7.93. The van der Waals surface area contributed by atoms with Crippen LogP contribution in [0.3, 0.4) is 0 Å². The van der Waals surface area contributed by atoms with Crippen molar-refractivity contribution in [2.45, 2.75) is 29.6 Å². The number of anilines is 2. The first kappa shape index (κ1) is 20.4. The van der Waals surface area contributed by atoms with Crippen LogP contribution in [0.1, 0.15) is 17.5 Å². The summed E-state index contributed by atoms with van der Waals surface area (Å²) in [4.78, 5) is 0.403. The molecular formula is C22H22N2O4S2. The van der Waals surface area contributed by atoms with Gasteiger partial charge in [-0.25, -0.2) is 16.8 Å². The molecule has 3 aromatic carbocycles. The first-order valence-corrected chi connectivity index (χ1v) is 12.5. The fourth-order valence-corrected chi connectivity index (χ4v) is 6.49. The van der Waals surface area contributed by atoms with Crippen molar-refractivity contribution in [1.82, 2.24) is 0 Å². The van der Waals surface area contributed by atoms with Gasteiger partial charge >= 0.3 is 0 Å². The maximum Gasteiger partial charge on any atom is 0.264 e. The number of hydrogen-bond donors (Lipinski definition) is 1. The van der Waals surface area contributed by atoms with Crippen LogP contribution < -0.4 is 9.03 Å². The topological polar surface area (TPSA) is 83.6 Å². The number of nitrogens with zero attached hydrogens (tertiary/aromatic N) is 1. The lowest BCUT2D eigenvalue weighted by molar-refractivity contribution is 0.586. The molecule has 1 heterocycles. The smallest absolute Gasteiger partial charge is 0.264 e. The number of fused-ring (bicyclic) bond motifs is 1. The van der Waals surface area contributed by atoms with Gasteiger partial charge in [0.05, 0.1) is 21.2 Å². The van der Waals surface area contributed by atoms with E-state index in [2.05, 4.69) is 4.72 Å². The van der Waals surface area contributed by atoms with Gasteiger partial charge in [0.1, 0.15) is 0 Å². The molecule has 156 valence electrons. The van der Waals surface area contributed by atoms with Crippen LogP contribution in [-0.4, -0.2) is 23.4 Å². The third-order valence-electron chi connectivity index (χ3n) is 5.13. The van der Waals surface area contributed by atoms with Gasteiger partial charge < -0.3 is 0 Å². The monoisotopic (exact) mass is 442 g/mol. The Balaban J connectivity index is 1.72. The molecule has 0 aliphatic carbocycles. The van der Waals surface area contributed by atoms with Crippen molar-refractivity contribution in [3.8, 4) is 0 Å². The summed E-state index contributed by atoms with van der Waals surface area (Å²) in [6.07, 6.45) is 1.44. The second-order valence-corrected chi connectivity index (χ2v) is 10.7. The lowest BCUT2D eigenvalue weighted by Gasteiger charge is -2.31. The van der Waals surface area contributed by atoms with Crippen LogP contribution in [0.25, 0.3) is 0 Å². The maximum absolute atomic E-state index is 13.2. The lowest BCUT2D eigenvalue weighted by atomic mass is 10.0. The number of benzene rings is 3. The van der Waals surface area contributed by atoms with E-state index in [4.69, 9.17) is 0 Å². The van der Waals surface area contributed by atoms with Gasteiger partial charge in [0, 0.05) is 6.54 Å². The summed E-state index contributed by atoms with van der Waals surface area (Å²) in [5, 5.41) is 0. The van der Waals surface area contributed by atoms with E-state index in [9.17, 15) is 16.8 Å². The highest BCUT2D eigenvalue weighted by Gasteiger charge is 2.29. The number of nitrogens with one attached hydrogen (secondary N) is 1. The molecule has 0 bridgehead atoms. The average molecular weight is 443 g/mol. The van der Waals surface area contributed by atoms with Crippen LogP contribution in [0, 0.1) is 6.92 Å². The van der Waals surface area contributed by atoms with Crippen molar-refractivity contribution in [1.29, 1.82) is 0 Å². The molecule has 1 aliphatic heterocycles. The van der Waals surface area contributed by atoms with Gasteiger partial charge in [0.2, 0.25) is 0 Å². The highest BCUT2D eigenvalue weighted by Crippen LogP contribution is 2.34. The fourth-order valence-electron chi connectivity index (χ4n) is 3.64. The van der Waals surface area contributed by atoms with Crippen molar-refractivity contribution in [2.75, 3.05) is 15.6 Å². The molecule has 0 atom stereocenters. The van der Waals surface area contributed by atoms with E-state index in [1.807, 2.05) is 0 Å². The van der Waals surface area contributed by atoms with Crippen molar-refractivity contribution in [2.24, 2.45) is 0 Å². The number of rotatable bonds is 5. The molecule has 8 heteroatoms. The zero-order chi connectivity index (χ0) is 21.4. The van der Waals surface area contributed by atoms with Crippen molar-refractivity contribution in [3.05, 3.63) is 83.9 Å². The van der Waals surface area contributed by atoms with Gasteiger partial charge in [-0.3, -0.25) is 9.03 Å². The maximum atomic E-state index is 13.2. The Labute approximate surface area is 177 Å². The van der Waals surface area contributed by atoms with Crippen molar-refractivity contribution < 1.29 is 16.8 Å². The molecule has 6 nitrogen and oxygen atoms in total. The van der Waals surface area contributed by atoms with E-state index < -0.39 is 20.0 Å². The first-order chi connectivity index (χ1) is 14.3. The van der Waals surface area contributed by atoms with E-state index in [0.29, 0.717) is 29.9 Å². The highest BCUT2D eigenvalue weighted by atomic mass is 32.2. The molecule has 30 heavy (non-hydrogen) atoms. The van der Waals surface area contributed by atoms with Crippen molar-refractivity contribution in [3.63, 3.8) is 0 Å². The average Bonchev–Trinajstić information content (AvgIpc) is 2.73. The van der Waals surface area contributed by atoms with Crippen LogP contribution in [-0.2, 0) is 26.5 Å². The third kappa shape index (κ3) is 3.80. The minimum atomic E-state index is -3.79. The van der Waals surface area contributed by atoms with Gasteiger partial charge in [-0.05, 0) is 61.2 Å². The summed E-state index contributed by atoms with van der Waals surface area (Å²) >= 11 is 0. The summed E-state index contributed by atoms with van der Waals surface area (Å²) in [6, 6.07) is 20.1. The predicted molar refractivity (Wildman–Crippen MR) is 118 cm³/mol. The molecule has 1 aliphatic rings. The van der Waals surface area contributed by atoms with Gasteiger partial charge in [-0.1, -0.05) is 42.5 Å². The van der Waals surface area contributed by atoms with E-state index in [-0.39, 0.29) is 9.79 Å². The Morgan fingerprint density at radius 3 is 2.30 bits per heavy atom. The normalized spacial score (nSPS) is 14.2. The molecular weight excluding hydrogens is 420 g/mol. The fraction of sp³-hybridized carbons (Fsp3) is 0.182. The molecule has 3 aromatic rings. The number of hydrogen-bond acceptors (Lipinski definition) is 4. The van der Waals surface area contributed by atoms with Gasteiger partial charge in [0.25, 0.3) is 20.0 Å².